The summed E-state index contributed by atoms with van der Waals surface area (Å²) >= 11 is 5.34. The summed E-state index contributed by atoms with van der Waals surface area (Å²) in [5, 5.41) is 0. The number of hydrogen-bond acceptors (Lipinski definition) is 2. The molecule has 0 radical (unpaired) electrons. The van der Waals surface area contributed by atoms with E-state index >= 15 is 0 Å². The van der Waals surface area contributed by atoms with E-state index in [0.29, 0.717) is 12.3 Å². The molecule has 0 amide bonds. The predicted molar refractivity (Wildman–Crippen MR) is 39.7 cm³/mol. The molecule has 0 heterocycles. The number of rotatable bonds is 4. The standard InChI is InChI=1S/C5H11ClO2S/c1-9(7,8)5-3-2-4-6/h2-5H2,1H3. The van der Waals surface area contributed by atoms with Gasteiger partial charge in [0.15, 0.2) is 0 Å². The molecule has 0 aliphatic carbocycles. The first-order valence-electron chi connectivity index (χ1n) is 2.80. The van der Waals surface area contributed by atoms with Crippen molar-refractivity contribution < 1.29 is 8.42 Å². The van der Waals surface area contributed by atoms with E-state index in [4.69, 9.17) is 11.6 Å². The molecule has 0 fully saturated rings. The smallest absolute Gasteiger partial charge is 0.147 e. The molecule has 0 aromatic rings. The zero-order valence-corrected chi connectivity index (χ0v) is 7.00. The molecule has 0 bridgehead atoms. The third-order valence-corrected chi connectivity index (χ3v) is 2.20. The van der Waals surface area contributed by atoms with E-state index in [2.05, 4.69) is 0 Å². The van der Waals surface area contributed by atoms with Gasteiger partial charge < -0.3 is 0 Å². The van der Waals surface area contributed by atoms with Crippen molar-refractivity contribution in [2.45, 2.75) is 12.8 Å². The Bertz CT molecular complexity index is 150. The van der Waals surface area contributed by atoms with Crippen LogP contribution in [0.5, 0.6) is 0 Å². The highest BCUT2D eigenvalue weighted by Crippen LogP contribution is 1.95. The summed E-state index contributed by atoms with van der Waals surface area (Å²) in [6.45, 7) is 0. The molecule has 0 aliphatic rings. The Morgan fingerprint density at radius 3 is 2.22 bits per heavy atom. The Labute approximate surface area is 61.1 Å². The maximum atomic E-state index is 10.5. The number of sulfone groups is 1. The van der Waals surface area contributed by atoms with E-state index in [1.807, 2.05) is 0 Å². The Hall–Kier alpha value is 0.240. The minimum Gasteiger partial charge on any atom is -0.229 e. The summed E-state index contributed by atoms with van der Waals surface area (Å²) in [6, 6.07) is 0. The second-order valence-corrected chi connectivity index (χ2v) is 4.66. The number of unbranched alkanes of at least 4 members (excludes halogenated alkanes) is 1. The topological polar surface area (TPSA) is 34.1 Å². The molecule has 0 aromatic heterocycles. The van der Waals surface area contributed by atoms with E-state index in [9.17, 15) is 8.42 Å². The van der Waals surface area contributed by atoms with Gasteiger partial charge in [0.1, 0.15) is 9.84 Å². The van der Waals surface area contributed by atoms with Gasteiger partial charge >= 0.3 is 0 Å². The SMILES string of the molecule is CS(=O)(=O)CCCCCl. The van der Waals surface area contributed by atoms with E-state index < -0.39 is 9.84 Å². The van der Waals surface area contributed by atoms with Crippen LogP contribution in [0.2, 0.25) is 0 Å². The quantitative estimate of drug-likeness (QED) is 0.467. The molecule has 9 heavy (non-hydrogen) atoms. The molecule has 4 heteroatoms. The van der Waals surface area contributed by atoms with E-state index in [0.717, 1.165) is 6.42 Å². The largest absolute Gasteiger partial charge is 0.229 e. The molecule has 0 saturated heterocycles. The average molecular weight is 171 g/mol. The highest BCUT2D eigenvalue weighted by Gasteiger charge is 1.99. The maximum Gasteiger partial charge on any atom is 0.147 e. The number of halogens is 1. The molecular weight excluding hydrogens is 160 g/mol. The van der Waals surface area contributed by atoms with Gasteiger partial charge in [-0.2, -0.15) is 0 Å². The van der Waals surface area contributed by atoms with Gasteiger partial charge in [0.05, 0.1) is 0 Å². The summed E-state index contributed by atoms with van der Waals surface area (Å²) in [4.78, 5) is 0. The van der Waals surface area contributed by atoms with Crippen LogP contribution in [-0.2, 0) is 9.84 Å². The molecule has 0 atom stereocenters. The molecule has 0 aliphatic heterocycles. The van der Waals surface area contributed by atoms with Crippen molar-refractivity contribution in [3.05, 3.63) is 0 Å². The highest BCUT2D eigenvalue weighted by molar-refractivity contribution is 7.90. The van der Waals surface area contributed by atoms with Crippen LogP contribution in [-0.4, -0.2) is 26.3 Å². The summed E-state index contributed by atoms with van der Waals surface area (Å²) in [6.07, 6.45) is 2.71. The third kappa shape index (κ3) is 8.24. The predicted octanol–water partition coefficient (Wildman–Crippen LogP) is 1.05. The molecule has 0 rings (SSSR count). The second kappa shape index (κ2) is 4.12. The number of alkyl halides is 1. The van der Waals surface area contributed by atoms with Gasteiger partial charge in [0.2, 0.25) is 0 Å². The molecule has 0 saturated carbocycles. The van der Waals surface area contributed by atoms with Gasteiger partial charge in [-0.15, -0.1) is 11.6 Å². The molecule has 0 spiro atoms. The first-order valence-corrected chi connectivity index (χ1v) is 5.39. The fourth-order valence-electron chi connectivity index (χ4n) is 0.459. The fraction of sp³-hybridized carbons (Fsp3) is 1.00. The van der Waals surface area contributed by atoms with Crippen molar-refractivity contribution in [3.8, 4) is 0 Å². The van der Waals surface area contributed by atoms with E-state index in [-0.39, 0.29) is 5.75 Å². The van der Waals surface area contributed by atoms with Crippen molar-refractivity contribution >= 4 is 21.4 Å². The summed E-state index contributed by atoms with van der Waals surface area (Å²) < 4.78 is 20.9. The van der Waals surface area contributed by atoms with Crippen LogP contribution in [0.25, 0.3) is 0 Å². The van der Waals surface area contributed by atoms with E-state index in [1.54, 1.807) is 0 Å². The summed E-state index contributed by atoms with van der Waals surface area (Å²) in [7, 11) is -2.76. The Morgan fingerprint density at radius 1 is 1.33 bits per heavy atom. The van der Waals surface area contributed by atoms with Crippen LogP contribution in [0.4, 0.5) is 0 Å². The van der Waals surface area contributed by atoms with Crippen molar-refractivity contribution in [2.24, 2.45) is 0 Å². The minimum absolute atomic E-state index is 0.264. The van der Waals surface area contributed by atoms with Crippen molar-refractivity contribution in [3.63, 3.8) is 0 Å². The van der Waals surface area contributed by atoms with Crippen molar-refractivity contribution in [1.29, 1.82) is 0 Å². The zero-order chi connectivity index (χ0) is 7.33. The Balaban J connectivity index is 3.30. The summed E-state index contributed by atoms with van der Waals surface area (Å²) in [5.74, 6) is 0.815. The van der Waals surface area contributed by atoms with Crippen LogP contribution in [0, 0.1) is 0 Å². The van der Waals surface area contributed by atoms with Crippen molar-refractivity contribution in [2.75, 3.05) is 17.9 Å². The average Bonchev–Trinajstić information content (AvgIpc) is 1.63. The van der Waals surface area contributed by atoms with Gasteiger partial charge in [-0.3, -0.25) is 0 Å². The lowest BCUT2D eigenvalue weighted by Gasteiger charge is -1.93. The molecule has 0 unspecified atom stereocenters. The second-order valence-electron chi connectivity index (χ2n) is 2.03. The minimum atomic E-state index is -2.76. The molecule has 56 valence electrons. The van der Waals surface area contributed by atoms with Gasteiger partial charge in [0.25, 0.3) is 0 Å². The van der Waals surface area contributed by atoms with Gasteiger partial charge in [0, 0.05) is 17.9 Å². The maximum absolute atomic E-state index is 10.5. The Morgan fingerprint density at radius 2 is 1.89 bits per heavy atom. The Kier molecular flexibility index (Phi) is 4.23. The molecule has 0 N–H and O–H groups in total. The van der Waals surface area contributed by atoms with Crippen LogP contribution in [0.15, 0.2) is 0 Å². The lowest BCUT2D eigenvalue weighted by atomic mass is 10.4. The van der Waals surface area contributed by atoms with Crippen LogP contribution >= 0.6 is 11.6 Å². The molecule has 2 nitrogen and oxygen atoms in total. The monoisotopic (exact) mass is 170 g/mol. The lowest BCUT2D eigenvalue weighted by molar-refractivity contribution is 0.598. The van der Waals surface area contributed by atoms with Gasteiger partial charge in [-0.05, 0) is 12.8 Å². The van der Waals surface area contributed by atoms with Crippen LogP contribution < -0.4 is 0 Å². The molecular formula is C5H11ClO2S. The van der Waals surface area contributed by atoms with Crippen molar-refractivity contribution in [1.82, 2.24) is 0 Å². The van der Waals surface area contributed by atoms with Crippen LogP contribution in [0.1, 0.15) is 12.8 Å². The normalized spacial score (nSPS) is 11.8. The third-order valence-electron chi connectivity index (χ3n) is 0.899. The van der Waals surface area contributed by atoms with E-state index in [1.165, 1.54) is 6.26 Å². The van der Waals surface area contributed by atoms with Crippen LogP contribution in [0.3, 0.4) is 0 Å². The first kappa shape index (κ1) is 9.24. The number of hydrogen-bond donors (Lipinski definition) is 0. The lowest BCUT2D eigenvalue weighted by Crippen LogP contribution is -2.02. The summed E-state index contributed by atoms with van der Waals surface area (Å²) in [5.41, 5.74) is 0. The fourth-order valence-corrected chi connectivity index (χ4v) is 1.38. The zero-order valence-electron chi connectivity index (χ0n) is 5.43. The van der Waals surface area contributed by atoms with Gasteiger partial charge in [-0.25, -0.2) is 8.42 Å². The highest BCUT2D eigenvalue weighted by atomic mass is 35.5. The first-order chi connectivity index (χ1) is 4.06. The molecule has 0 aromatic carbocycles. The van der Waals surface area contributed by atoms with Gasteiger partial charge in [-0.1, -0.05) is 0 Å².